The number of methoxy groups -OCH3 is 1. The van der Waals surface area contributed by atoms with Gasteiger partial charge in [0.05, 0.1) is 7.11 Å². The molecule has 0 bridgehead atoms. The normalized spacial score (nSPS) is 26.9. The molecule has 1 rings (SSSR count). The third-order valence-corrected chi connectivity index (χ3v) is 5.15. The highest BCUT2D eigenvalue weighted by Gasteiger charge is 2.45. The Morgan fingerprint density at radius 1 is 1.53 bits per heavy atom. The van der Waals surface area contributed by atoms with Crippen molar-refractivity contribution in [2.45, 2.75) is 63.7 Å². The summed E-state index contributed by atoms with van der Waals surface area (Å²) in [5.74, 6) is 1.89. The standard InChI is InChI=1S/C15H29NO2S/c1-5-9-16-15(14(17)18-4)8-6-13(11-15)19-10-7-12(2)3/h12-13,16H,5-11H2,1-4H3. The molecule has 1 saturated carbocycles. The molecular formula is C15H29NO2S. The smallest absolute Gasteiger partial charge is 0.326 e. The van der Waals surface area contributed by atoms with E-state index in [0.717, 1.165) is 38.1 Å². The van der Waals surface area contributed by atoms with Gasteiger partial charge in [-0.15, -0.1) is 0 Å². The molecule has 2 atom stereocenters. The first-order valence-corrected chi connectivity index (χ1v) is 8.54. The number of nitrogens with one attached hydrogen (secondary N) is 1. The number of rotatable bonds is 8. The Labute approximate surface area is 122 Å². The molecule has 0 radical (unpaired) electrons. The van der Waals surface area contributed by atoms with Crippen LogP contribution in [-0.2, 0) is 9.53 Å². The lowest BCUT2D eigenvalue weighted by Gasteiger charge is -2.27. The Morgan fingerprint density at radius 2 is 2.26 bits per heavy atom. The van der Waals surface area contributed by atoms with Crippen LogP contribution in [0.15, 0.2) is 0 Å². The Bertz CT molecular complexity index is 283. The molecule has 0 spiro atoms. The second kappa shape index (κ2) is 8.15. The Balaban J connectivity index is 2.49. The number of carbonyl (C=O) groups excluding carboxylic acids is 1. The summed E-state index contributed by atoms with van der Waals surface area (Å²) in [4.78, 5) is 12.1. The van der Waals surface area contributed by atoms with Crippen molar-refractivity contribution >= 4 is 17.7 Å². The zero-order valence-electron chi connectivity index (χ0n) is 12.8. The van der Waals surface area contributed by atoms with Gasteiger partial charge in [0.15, 0.2) is 0 Å². The summed E-state index contributed by atoms with van der Waals surface area (Å²) in [6.45, 7) is 7.54. The van der Waals surface area contributed by atoms with Crippen LogP contribution < -0.4 is 5.32 Å². The predicted molar refractivity (Wildman–Crippen MR) is 82.6 cm³/mol. The minimum absolute atomic E-state index is 0.0760. The highest BCUT2D eigenvalue weighted by Crippen LogP contribution is 2.38. The first-order valence-electron chi connectivity index (χ1n) is 7.49. The lowest BCUT2D eigenvalue weighted by Crippen LogP contribution is -2.51. The van der Waals surface area contributed by atoms with Crippen LogP contribution in [0.5, 0.6) is 0 Å². The summed E-state index contributed by atoms with van der Waals surface area (Å²) in [5, 5.41) is 4.04. The minimum atomic E-state index is -0.416. The first kappa shape index (κ1) is 16.8. The second-order valence-corrected chi connectivity index (χ2v) is 7.33. The number of hydrogen-bond donors (Lipinski definition) is 1. The van der Waals surface area contributed by atoms with Gasteiger partial charge in [0, 0.05) is 5.25 Å². The van der Waals surface area contributed by atoms with Crippen molar-refractivity contribution < 1.29 is 9.53 Å². The number of carbonyl (C=O) groups is 1. The molecule has 0 aromatic heterocycles. The van der Waals surface area contributed by atoms with Gasteiger partial charge < -0.3 is 10.1 Å². The van der Waals surface area contributed by atoms with E-state index in [9.17, 15) is 4.79 Å². The maximum absolute atomic E-state index is 12.1. The molecule has 0 saturated heterocycles. The van der Waals surface area contributed by atoms with Crippen molar-refractivity contribution in [3.63, 3.8) is 0 Å². The SMILES string of the molecule is CCCNC1(C(=O)OC)CCC(SCCC(C)C)C1. The summed E-state index contributed by atoms with van der Waals surface area (Å²) in [7, 11) is 1.50. The summed E-state index contributed by atoms with van der Waals surface area (Å²) < 4.78 is 5.01. The second-order valence-electron chi connectivity index (χ2n) is 5.92. The number of hydrogen-bond acceptors (Lipinski definition) is 4. The molecule has 0 heterocycles. The summed E-state index contributed by atoms with van der Waals surface area (Å²) in [6, 6.07) is 0. The van der Waals surface area contributed by atoms with Gasteiger partial charge in [-0.3, -0.25) is 4.79 Å². The average molecular weight is 287 g/mol. The maximum atomic E-state index is 12.1. The van der Waals surface area contributed by atoms with Crippen LogP contribution in [0, 0.1) is 5.92 Å². The Morgan fingerprint density at radius 3 is 2.84 bits per heavy atom. The van der Waals surface area contributed by atoms with Gasteiger partial charge in [-0.25, -0.2) is 0 Å². The molecule has 0 aromatic carbocycles. The summed E-state index contributed by atoms with van der Waals surface area (Å²) >= 11 is 2.03. The zero-order valence-corrected chi connectivity index (χ0v) is 13.6. The minimum Gasteiger partial charge on any atom is -0.468 e. The fraction of sp³-hybridized carbons (Fsp3) is 0.933. The van der Waals surface area contributed by atoms with Crippen molar-refractivity contribution in [1.29, 1.82) is 0 Å². The fourth-order valence-electron chi connectivity index (χ4n) is 2.59. The van der Waals surface area contributed by atoms with Gasteiger partial charge in [-0.05, 0) is 50.3 Å². The van der Waals surface area contributed by atoms with Crippen LogP contribution in [-0.4, -0.2) is 36.2 Å². The molecule has 0 aromatic rings. The fourth-order valence-corrected chi connectivity index (χ4v) is 4.22. The van der Waals surface area contributed by atoms with Crippen LogP contribution in [0.4, 0.5) is 0 Å². The number of thioether (sulfide) groups is 1. The van der Waals surface area contributed by atoms with E-state index in [4.69, 9.17) is 4.74 Å². The van der Waals surface area contributed by atoms with Gasteiger partial charge >= 0.3 is 5.97 Å². The highest BCUT2D eigenvalue weighted by molar-refractivity contribution is 7.99. The van der Waals surface area contributed by atoms with Crippen LogP contribution in [0.2, 0.25) is 0 Å². The molecule has 1 aliphatic rings. The summed E-state index contributed by atoms with van der Waals surface area (Å²) in [6.07, 6.45) is 5.26. The third kappa shape index (κ3) is 4.99. The zero-order chi connectivity index (χ0) is 14.3. The first-order chi connectivity index (χ1) is 9.04. The lowest BCUT2D eigenvalue weighted by molar-refractivity contribution is -0.148. The van der Waals surface area contributed by atoms with Gasteiger partial charge in [0.25, 0.3) is 0 Å². The lowest BCUT2D eigenvalue weighted by atomic mass is 9.97. The third-order valence-electron chi connectivity index (χ3n) is 3.81. The Hall–Kier alpha value is -0.220. The van der Waals surface area contributed by atoms with E-state index in [1.54, 1.807) is 0 Å². The predicted octanol–water partition coefficient (Wildman–Crippen LogP) is 3.23. The van der Waals surface area contributed by atoms with Crippen molar-refractivity contribution in [2.75, 3.05) is 19.4 Å². The molecule has 1 N–H and O–H groups in total. The largest absolute Gasteiger partial charge is 0.468 e. The molecule has 4 heteroatoms. The topological polar surface area (TPSA) is 38.3 Å². The molecule has 1 fully saturated rings. The van der Waals surface area contributed by atoms with Gasteiger partial charge in [-0.2, -0.15) is 11.8 Å². The van der Waals surface area contributed by atoms with E-state index >= 15 is 0 Å². The van der Waals surface area contributed by atoms with E-state index in [2.05, 4.69) is 26.1 Å². The quantitative estimate of drug-likeness (QED) is 0.696. The average Bonchev–Trinajstić information content (AvgIpc) is 2.80. The van der Waals surface area contributed by atoms with E-state index in [-0.39, 0.29) is 5.97 Å². The highest BCUT2D eigenvalue weighted by atomic mass is 32.2. The van der Waals surface area contributed by atoms with Crippen molar-refractivity contribution in [3.05, 3.63) is 0 Å². The molecular weight excluding hydrogens is 258 g/mol. The summed E-state index contributed by atoms with van der Waals surface area (Å²) in [5.41, 5.74) is -0.416. The van der Waals surface area contributed by atoms with Crippen LogP contribution in [0.25, 0.3) is 0 Å². The molecule has 2 unspecified atom stereocenters. The van der Waals surface area contributed by atoms with Crippen molar-refractivity contribution in [3.8, 4) is 0 Å². The molecule has 19 heavy (non-hydrogen) atoms. The molecule has 3 nitrogen and oxygen atoms in total. The van der Waals surface area contributed by atoms with Crippen molar-refractivity contribution in [2.24, 2.45) is 5.92 Å². The van der Waals surface area contributed by atoms with E-state index in [0.29, 0.717) is 5.25 Å². The number of ether oxygens (including phenoxy) is 1. The van der Waals surface area contributed by atoms with Gasteiger partial charge in [0.1, 0.15) is 5.54 Å². The molecule has 0 amide bonds. The monoisotopic (exact) mass is 287 g/mol. The van der Waals surface area contributed by atoms with Gasteiger partial charge in [-0.1, -0.05) is 20.8 Å². The van der Waals surface area contributed by atoms with Crippen LogP contribution in [0.3, 0.4) is 0 Å². The van der Waals surface area contributed by atoms with E-state index in [1.807, 2.05) is 11.8 Å². The van der Waals surface area contributed by atoms with E-state index < -0.39 is 5.54 Å². The van der Waals surface area contributed by atoms with Crippen LogP contribution in [0.1, 0.15) is 52.9 Å². The maximum Gasteiger partial charge on any atom is 0.326 e. The van der Waals surface area contributed by atoms with E-state index in [1.165, 1.54) is 19.3 Å². The van der Waals surface area contributed by atoms with Crippen LogP contribution >= 0.6 is 11.8 Å². The Kier molecular flexibility index (Phi) is 7.22. The molecule has 112 valence electrons. The molecule has 0 aliphatic heterocycles. The number of esters is 1. The van der Waals surface area contributed by atoms with Gasteiger partial charge in [0.2, 0.25) is 0 Å². The van der Waals surface area contributed by atoms with Crippen molar-refractivity contribution in [1.82, 2.24) is 5.32 Å². The molecule has 1 aliphatic carbocycles.